The molecular weight excluding hydrogens is 250 g/mol. The Bertz CT molecular complexity index is 682. The van der Waals surface area contributed by atoms with Crippen LogP contribution in [-0.4, -0.2) is 0 Å². The SMILES string of the molecule is [2H]C([2H])([2H])c1sc(C2CCCC2)c(C)[n+]1-c1ccccc1C. The van der Waals surface area contributed by atoms with Crippen molar-refractivity contribution in [3.05, 3.63) is 45.4 Å². The molecule has 2 aromatic rings. The first kappa shape index (κ1) is 9.71. The van der Waals surface area contributed by atoms with Gasteiger partial charge in [0, 0.05) is 29.5 Å². The Balaban J connectivity index is 2.21. The van der Waals surface area contributed by atoms with Crippen molar-refractivity contribution in [3.63, 3.8) is 0 Å². The van der Waals surface area contributed by atoms with Crippen molar-refractivity contribution in [1.29, 1.82) is 0 Å². The summed E-state index contributed by atoms with van der Waals surface area (Å²) in [5.74, 6) is 0.538. The van der Waals surface area contributed by atoms with Gasteiger partial charge < -0.3 is 0 Å². The number of hydrogen-bond acceptors (Lipinski definition) is 1. The molecule has 2 heteroatoms. The number of thiazole rings is 1. The summed E-state index contributed by atoms with van der Waals surface area (Å²) < 4.78 is 25.8. The van der Waals surface area contributed by atoms with Crippen LogP contribution in [0.2, 0.25) is 0 Å². The van der Waals surface area contributed by atoms with Crippen molar-refractivity contribution in [1.82, 2.24) is 0 Å². The number of aromatic nitrogens is 1. The van der Waals surface area contributed by atoms with Crippen LogP contribution in [-0.2, 0) is 0 Å². The molecule has 0 N–H and O–H groups in total. The largest absolute Gasteiger partial charge is 0.240 e. The first-order valence-corrected chi connectivity index (χ1v) is 7.83. The Morgan fingerprint density at radius 1 is 1.21 bits per heavy atom. The first-order valence-electron chi connectivity index (χ1n) is 8.51. The number of rotatable bonds is 2. The molecule has 3 rings (SSSR count). The highest BCUT2D eigenvalue weighted by molar-refractivity contribution is 7.11. The average molecular weight is 275 g/mol. The summed E-state index contributed by atoms with van der Waals surface area (Å²) in [7, 11) is 0. The molecule has 0 bridgehead atoms. The van der Waals surface area contributed by atoms with Crippen molar-refractivity contribution >= 4 is 11.3 Å². The van der Waals surface area contributed by atoms with E-state index < -0.39 is 6.85 Å². The molecule has 1 nitrogen and oxygen atoms in total. The molecular formula is C17H22NS+. The Hall–Kier alpha value is -1.15. The van der Waals surface area contributed by atoms with Crippen LogP contribution in [0.5, 0.6) is 0 Å². The van der Waals surface area contributed by atoms with E-state index in [0.717, 1.165) is 16.9 Å². The molecule has 19 heavy (non-hydrogen) atoms. The zero-order valence-corrected chi connectivity index (χ0v) is 12.4. The molecule has 1 aliphatic carbocycles. The third-order valence-corrected chi connectivity index (χ3v) is 5.41. The number of para-hydroxylation sites is 1. The molecule has 0 aliphatic heterocycles. The monoisotopic (exact) mass is 275 g/mol. The summed E-state index contributed by atoms with van der Waals surface area (Å²) in [5, 5.41) is 0.487. The molecule has 0 saturated heterocycles. The lowest BCUT2D eigenvalue weighted by molar-refractivity contribution is -0.604. The zero-order valence-electron chi connectivity index (χ0n) is 14.6. The predicted octanol–water partition coefficient (Wildman–Crippen LogP) is 4.61. The summed E-state index contributed by atoms with van der Waals surface area (Å²) >= 11 is 1.49. The average Bonchev–Trinajstić information content (AvgIpc) is 3.06. The van der Waals surface area contributed by atoms with E-state index in [4.69, 9.17) is 4.11 Å². The van der Waals surface area contributed by atoms with Gasteiger partial charge in [0.25, 0.3) is 0 Å². The Morgan fingerprint density at radius 3 is 2.63 bits per heavy atom. The summed E-state index contributed by atoms with van der Waals surface area (Å²) in [6, 6.07) is 8.03. The van der Waals surface area contributed by atoms with E-state index in [2.05, 4.69) is 6.92 Å². The summed E-state index contributed by atoms with van der Waals surface area (Å²) in [6.07, 6.45) is 4.90. The third-order valence-electron chi connectivity index (χ3n) is 4.18. The van der Waals surface area contributed by atoms with Crippen molar-refractivity contribution in [3.8, 4) is 5.69 Å². The Labute approximate surface area is 124 Å². The number of hydrogen-bond donors (Lipinski definition) is 0. The lowest BCUT2D eigenvalue weighted by Crippen LogP contribution is -2.35. The van der Waals surface area contributed by atoms with Gasteiger partial charge in [-0.3, -0.25) is 0 Å². The summed E-state index contributed by atoms with van der Waals surface area (Å²) in [5.41, 5.74) is 3.21. The minimum absolute atomic E-state index is 0.487. The molecule has 0 amide bonds. The minimum Gasteiger partial charge on any atom is -0.152 e. The Morgan fingerprint density at radius 2 is 1.95 bits per heavy atom. The van der Waals surface area contributed by atoms with Gasteiger partial charge in [-0.1, -0.05) is 42.4 Å². The van der Waals surface area contributed by atoms with E-state index in [0.29, 0.717) is 10.9 Å². The maximum absolute atomic E-state index is 7.94. The van der Waals surface area contributed by atoms with Crippen LogP contribution in [0.25, 0.3) is 5.69 Å². The van der Waals surface area contributed by atoms with Gasteiger partial charge in [0.1, 0.15) is 0 Å². The predicted molar refractivity (Wildman–Crippen MR) is 81.3 cm³/mol. The van der Waals surface area contributed by atoms with Gasteiger partial charge >= 0.3 is 0 Å². The Kier molecular flexibility index (Phi) is 2.60. The molecule has 1 aromatic carbocycles. The third kappa shape index (κ3) is 2.23. The van der Waals surface area contributed by atoms with Crippen LogP contribution in [0.1, 0.15) is 56.9 Å². The second-order valence-corrected chi connectivity index (χ2v) is 6.49. The fourth-order valence-electron chi connectivity index (χ4n) is 3.16. The number of nitrogens with zero attached hydrogens (tertiary/aromatic N) is 1. The highest BCUT2D eigenvalue weighted by Gasteiger charge is 2.29. The fourth-order valence-corrected chi connectivity index (χ4v) is 4.33. The maximum atomic E-state index is 7.94. The van der Waals surface area contributed by atoms with Gasteiger partial charge in [-0.2, -0.15) is 4.57 Å². The maximum Gasteiger partial charge on any atom is 0.240 e. The van der Waals surface area contributed by atoms with E-state index in [1.54, 1.807) is 0 Å². The minimum atomic E-state index is -2.07. The van der Waals surface area contributed by atoms with Crippen molar-refractivity contribution in [2.24, 2.45) is 0 Å². The molecule has 1 aromatic heterocycles. The van der Waals surface area contributed by atoms with Gasteiger partial charge in [-0.25, -0.2) is 0 Å². The highest BCUT2D eigenvalue weighted by Crippen LogP contribution is 2.38. The number of aryl methyl sites for hydroxylation is 2. The van der Waals surface area contributed by atoms with Crippen molar-refractivity contribution in [2.45, 2.75) is 52.3 Å². The lowest BCUT2D eigenvalue weighted by Gasteiger charge is -2.05. The van der Waals surface area contributed by atoms with Crippen molar-refractivity contribution < 1.29 is 8.68 Å². The fraction of sp³-hybridized carbons (Fsp3) is 0.471. The van der Waals surface area contributed by atoms with Crippen LogP contribution < -0.4 is 4.57 Å². The molecule has 1 aliphatic rings. The standard InChI is InChI=1S/C17H22NS/c1-12-8-4-7-11-16(12)18-13(2)17(19-14(18)3)15-9-5-6-10-15/h4,7-8,11,15H,5-6,9-10H2,1-3H3/q+1/i3D3. The van der Waals surface area contributed by atoms with Crippen LogP contribution in [0.4, 0.5) is 0 Å². The topological polar surface area (TPSA) is 3.88 Å². The number of benzene rings is 1. The highest BCUT2D eigenvalue weighted by atomic mass is 32.1. The normalized spacial score (nSPS) is 19.2. The second kappa shape index (κ2) is 5.09. The van der Waals surface area contributed by atoms with Crippen LogP contribution >= 0.6 is 11.3 Å². The molecule has 0 unspecified atom stereocenters. The van der Waals surface area contributed by atoms with Gasteiger partial charge in [0.2, 0.25) is 10.7 Å². The van der Waals surface area contributed by atoms with Gasteiger partial charge in [0.15, 0.2) is 5.69 Å². The van der Waals surface area contributed by atoms with Crippen molar-refractivity contribution in [2.75, 3.05) is 0 Å². The van der Waals surface area contributed by atoms with Gasteiger partial charge in [-0.15, -0.1) is 0 Å². The summed E-state index contributed by atoms with van der Waals surface area (Å²) in [4.78, 5) is 1.27. The molecule has 100 valence electrons. The van der Waals surface area contributed by atoms with Crippen LogP contribution in [0.3, 0.4) is 0 Å². The quantitative estimate of drug-likeness (QED) is 0.705. The molecule has 1 fully saturated rings. The molecule has 1 saturated carbocycles. The second-order valence-electron chi connectivity index (χ2n) is 5.46. The first-order chi connectivity index (χ1) is 10.4. The van der Waals surface area contributed by atoms with E-state index in [-0.39, 0.29) is 0 Å². The summed E-state index contributed by atoms with van der Waals surface area (Å²) in [6.45, 7) is 2.04. The van der Waals surface area contributed by atoms with Gasteiger partial charge in [0.05, 0.1) is 4.88 Å². The smallest absolute Gasteiger partial charge is 0.152 e. The van der Waals surface area contributed by atoms with E-state index in [9.17, 15) is 0 Å². The molecule has 0 radical (unpaired) electrons. The van der Waals surface area contributed by atoms with Crippen LogP contribution in [0.15, 0.2) is 24.3 Å². The lowest BCUT2D eigenvalue weighted by atomic mass is 10.0. The van der Waals surface area contributed by atoms with E-state index in [1.165, 1.54) is 41.9 Å². The van der Waals surface area contributed by atoms with Crippen LogP contribution in [0, 0.1) is 20.7 Å². The van der Waals surface area contributed by atoms with Gasteiger partial charge in [-0.05, 0) is 25.7 Å². The zero-order chi connectivity index (χ0) is 15.9. The van der Waals surface area contributed by atoms with E-state index >= 15 is 0 Å². The molecule has 0 atom stereocenters. The molecule has 1 heterocycles. The molecule has 0 spiro atoms. The van der Waals surface area contributed by atoms with E-state index in [1.807, 2.05) is 35.8 Å².